The van der Waals surface area contributed by atoms with E-state index in [1.165, 1.54) is 7.05 Å². The number of imide groups is 1. The van der Waals surface area contributed by atoms with Crippen molar-refractivity contribution in [2.75, 3.05) is 12.4 Å². The Balaban J connectivity index is 1.71. The Kier molecular flexibility index (Phi) is 6.08. The highest BCUT2D eigenvalue weighted by Gasteiger charge is 2.33. The molecule has 29 heavy (non-hydrogen) atoms. The molecule has 2 aromatic rings. The van der Waals surface area contributed by atoms with Crippen LogP contribution in [0.5, 0.6) is 5.75 Å². The summed E-state index contributed by atoms with van der Waals surface area (Å²) in [5.41, 5.74) is 0.885. The molecule has 0 aromatic heterocycles. The van der Waals surface area contributed by atoms with Gasteiger partial charge in [-0.15, -0.1) is 0 Å². The van der Waals surface area contributed by atoms with Gasteiger partial charge in [-0.1, -0.05) is 42.5 Å². The van der Waals surface area contributed by atoms with Crippen molar-refractivity contribution in [1.29, 1.82) is 0 Å². The summed E-state index contributed by atoms with van der Waals surface area (Å²) in [6.07, 6.45) is -2.87. The molecule has 1 aliphatic heterocycles. The van der Waals surface area contributed by atoms with Crippen molar-refractivity contribution >= 4 is 29.5 Å². The molecule has 1 aliphatic rings. The van der Waals surface area contributed by atoms with Crippen LogP contribution in [0.1, 0.15) is 18.1 Å². The van der Waals surface area contributed by atoms with Crippen LogP contribution in [-0.4, -0.2) is 37.0 Å². The minimum atomic E-state index is -1.36. The zero-order chi connectivity index (χ0) is 20.8. The lowest BCUT2D eigenvalue weighted by Gasteiger charge is -2.25. The number of para-hydroxylation sites is 2. The van der Waals surface area contributed by atoms with Crippen LogP contribution in [-0.2, 0) is 19.1 Å². The highest BCUT2D eigenvalue weighted by atomic mass is 16.6. The van der Waals surface area contributed by atoms with Crippen molar-refractivity contribution in [1.82, 2.24) is 10.6 Å². The number of hydrogen-bond acceptors (Lipinski definition) is 6. The molecular weight excluding hydrogens is 378 g/mol. The summed E-state index contributed by atoms with van der Waals surface area (Å²) in [7, 11) is 1.35. The molecule has 0 radical (unpaired) electrons. The third-order valence-corrected chi connectivity index (χ3v) is 4.11. The lowest BCUT2D eigenvalue weighted by molar-refractivity contribution is -0.158. The van der Waals surface area contributed by atoms with Gasteiger partial charge in [0.05, 0.1) is 12.1 Å². The highest BCUT2D eigenvalue weighted by molar-refractivity contribution is 6.00. The fourth-order valence-corrected chi connectivity index (χ4v) is 2.70. The first-order valence-corrected chi connectivity index (χ1v) is 8.81. The normalized spacial score (nSPS) is 15.8. The van der Waals surface area contributed by atoms with Crippen LogP contribution >= 0.6 is 0 Å². The van der Waals surface area contributed by atoms with E-state index in [1.54, 1.807) is 54.6 Å². The summed E-state index contributed by atoms with van der Waals surface area (Å²) < 4.78 is 10.9. The summed E-state index contributed by atoms with van der Waals surface area (Å²) >= 11 is 0. The second-order valence-corrected chi connectivity index (χ2v) is 6.14. The van der Waals surface area contributed by atoms with Crippen LogP contribution in [0.4, 0.5) is 10.5 Å². The second kappa shape index (κ2) is 8.87. The third kappa shape index (κ3) is 4.89. The number of esters is 1. The molecule has 0 saturated carbocycles. The van der Waals surface area contributed by atoms with Gasteiger partial charge in [0.1, 0.15) is 5.75 Å². The van der Waals surface area contributed by atoms with Crippen molar-refractivity contribution in [3.63, 3.8) is 0 Å². The Morgan fingerprint density at radius 1 is 1.10 bits per heavy atom. The molecule has 2 atom stereocenters. The van der Waals surface area contributed by atoms with Crippen LogP contribution in [0.2, 0.25) is 0 Å². The summed E-state index contributed by atoms with van der Waals surface area (Å²) in [6, 6.07) is 14.3. The standard InChI is InChI=1S/C20H19N3O6/c1-21-20(27)23-19(26)17(12-7-3-2-4-8-12)29-16(24)11-15-18(25)22-13-9-5-6-10-14(13)28-15/h2-10,15,17H,11H2,1H3,(H,22,25)(H2,21,23,26,27)/t15-,17-/m1/s1. The van der Waals surface area contributed by atoms with Gasteiger partial charge in [0, 0.05) is 12.6 Å². The predicted octanol–water partition coefficient (Wildman–Crippen LogP) is 1.52. The molecule has 3 rings (SSSR count). The van der Waals surface area contributed by atoms with Gasteiger partial charge in [-0.3, -0.25) is 19.7 Å². The molecule has 4 amide bonds. The van der Waals surface area contributed by atoms with E-state index in [0.29, 0.717) is 17.0 Å². The highest BCUT2D eigenvalue weighted by Crippen LogP contribution is 2.30. The summed E-state index contributed by atoms with van der Waals surface area (Å²) in [5, 5.41) is 6.99. The maximum atomic E-state index is 12.4. The first-order chi connectivity index (χ1) is 14.0. The molecule has 0 unspecified atom stereocenters. The minimum absolute atomic E-state index is 0.376. The maximum Gasteiger partial charge on any atom is 0.321 e. The first-order valence-electron chi connectivity index (χ1n) is 8.81. The Bertz CT molecular complexity index is 931. The summed E-state index contributed by atoms with van der Waals surface area (Å²) in [4.78, 5) is 48.5. The zero-order valence-electron chi connectivity index (χ0n) is 15.5. The maximum absolute atomic E-state index is 12.4. The molecular formula is C20H19N3O6. The molecule has 3 N–H and O–H groups in total. The van der Waals surface area contributed by atoms with E-state index in [9.17, 15) is 19.2 Å². The molecule has 9 nitrogen and oxygen atoms in total. The topological polar surface area (TPSA) is 123 Å². The molecule has 2 aromatic carbocycles. The molecule has 9 heteroatoms. The van der Waals surface area contributed by atoms with Crippen molar-refractivity contribution in [2.24, 2.45) is 0 Å². The van der Waals surface area contributed by atoms with Crippen LogP contribution in [0, 0.1) is 0 Å². The van der Waals surface area contributed by atoms with Crippen molar-refractivity contribution in [3.05, 3.63) is 60.2 Å². The zero-order valence-corrected chi connectivity index (χ0v) is 15.5. The van der Waals surface area contributed by atoms with E-state index in [0.717, 1.165) is 0 Å². The summed E-state index contributed by atoms with van der Waals surface area (Å²) in [6.45, 7) is 0. The molecule has 0 aliphatic carbocycles. The van der Waals surface area contributed by atoms with Gasteiger partial charge < -0.3 is 20.1 Å². The van der Waals surface area contributed by atoms with E-state index in [2.05, 4.69) is 16.0 Å². The van der Waals surface area contributed by atoms with Crippen molar-refractivity contribution < 1.29 is 28.7 Å². The van der Waals surface area contributed by atoms with Crippen LogP contribution in [0.15, 0.2) is 54.6 Å². The molecule has 1 heterocycles. The summed E-state index contributed by atoms with van der Waals surface area (Å²) in [5.74, 6) is -1.71. The minimum Gasteiger partial charge on any atom is -0.478 e. The number of carbonyl (C=O) groups is 4. The second-order valence-electron chi connectivity index (χ2n) is 6.14. The van der Waals surface area contributed by atoms with E-state index in [4.69, 9.17) is 9.47 Å². The average Bonchev–Trinajstić information content (AvgIpc) is 2.73. The quantitative estimate of drug-likeness (QED) is 0.658. The Labute approximate surface area is 166 Å². The lowest BCUT2D eigenvalue weighted by Crippen LogP contribution is -2.42. The average molecular weight is 397 g/mol. The Morgan fingerprint density at radius 3 is 2.52 bits per heavy atom. The van der Waals surface area contributed by atoms with E-state index in [-0.39, 0.29) is 0 Å². The van der Waals surface area contributed by atoms with Crippen LogP contribution < -0.4 is 20.7 Å². The van der Waals surface area contributed by atoms with Gasteiger partial charge in [0.2, 0.25) is 6.10 Å². The van der Waals surface area contributed by atoms with Crippen molar-refractivity contribution in [3.8, 4) is 5.75 Å². The van der Waals surface area contributed by atoms with Crippen LogP contribution in [0.25, 0.3) is 0 Å². The number of hydrogen-bond donors (Lipinski definition) is 3. The fraction of sp³-hybridized carbons (Fsp3) is 0.200. The Morgan fingerprint density at radius 2 is 1.79 bits per heavy atom. The van der Waals surface area contributed by atoms with Gasteiger partial charge in [-0.25, -0.2) is 4.79 Å². The number of rotatable bonds is 5. The molecule has 0 bridgehead atoms. The van der Waals surface area contributed by atoms with Gasteiger partial charge in [-0.2, -0.15) is 0 Å². The smallest absolute Gasteiger partial charge is 0.321 e. The molecule has 0 spiro atoms. The SMILES string of the molecule is CNC(=O)NC(=O)[C@H](OC(=O)C[C@H]1Oc2ccccc2NC1=O)c1ccccc1. The number of benzene rings is 2. The van der Waals surface area contributed by atoms with E-state index < -0.39 is 42.4 Å². The number of carbonyl (C=O) groups excluding carboxylic acids is 4. The monoisotopic (exact) mass is 397 g/mol. The first kappa shape index (κ1) is 19.9. The third-order valence-electron chi connectivity index (χ3n) is 4.11. The Hall–Kier alpha value is -3.88. The predicted molar refractivity (Wildman–Crippen MR) is 102 cm³/mol. The molecule has 0 saturated heterocycles. The molecule has 150 valence electrons. The number of nitrogens with one attached hydrogen (secondary N) is 3. The van der Waals surface area contributed by atoms with Gasteiger partial charge in [0.25, 0.3) is 11.8 Å². The van der Waals surface area contributed by atoms with E-state index in [1.807, 2.05) is 0 Å². The van der Waals surface area contributed by atoms with Crippen molar-refractivity contribution in [2.45, 2.75) is 18.6 Å². The number of urea groups is 1. The van der Waals surface area contributed by atoms with Gasteiger partial charge in [-0.05, 0) is 12.1 Å². The number of anilines is 1. The van der Waals surface area contributed by atoms with Gasteiger partial charge >= 0.3 is 12.0 Å². The van der Waals surface area contributed by atoms with Gasteiger partial charge in [0.15, 0.2) is 6.10 Å². The van der Waals surface area contributed by atoms with E-state index >= 15 is 0 Å². The number of amides is 4. The lowest BCUT2D eigenvalue weighted by atomic mass is 10.1. The van der Waals surface area contributed by atoms with Crippen LogP contribution in [0.3, 0.4) is 0 Å². The number of ether oxygens (including phenoxy) is 2. The number of fused-ring (bicyclic) bond motifs is 1. The fourth-order valence-electron chi connectivity index (χ4n) is 2.70. The largest absolute Gasteiger partial charge is 0.478 e. The molecule has 0 fully saturated rings.